The zero-order valence-corrected chi connectivity index (χ0v) is 40.4. The van der Waals surface area contributed by atoms with Gasteiger partial charge in [-0.25, -0.2) is 13.6 Å². The molecule has 1 N–H and O–H groups in total. The van der Waals surface area contributed by atoms with Crippen LogP contribution in [0.2, 0.25) is 0 Å². The number of nitrogens with zero attached hydrogens (tertiary/aromatic N) is 6. The van der Waals surface area contributed by atoms with E-state index in [2.05, 4.69) is 10.2 Å². The van der Waals surface area contributed by atoms with Crippen LogP contribution in [0.15, 0.2) is 66.7 Å². The molecule has 4 aliphatic rings. The van der Waals surface area contributed by atoms with Crippen molar-refractivity contribution in [3.63, 3.8) is 0 Å². The second-order valence-electron chi connectivity index (χ2n) is 19.8. The van der Waals surface area contributed by atoms with Gasteiger partial charge in [-0.15, -0.1) is 0 Å². The predicted octanol–water partition coefficient (Wildman–Crippen LogP) is 7.14. The Balaban J connectivity index is 0.880. The zero-order valence-electron chi connectivity index (χ0n) is 40.4. The first-order chi connectivity index (χ1) is 34.1. The van der Waals surface area contributed by atoms with Gasteiger partial charge in [0.15, 0.2) is 6.61 Å². The lowest BCUT2D eigenvalue weighted by molar-refractivity contribution is -0.137. The van der Waals surface area contributed by atoms with Crippen LogP contribution < -0.4 is 14.8 Å². The summed E-state index contributed by atoms with van der Waals surface area (Å²) in [5, 5.41) is 9.39. The molecule has 1 unspecified atom stereocenters. The van der Waals surface area contributed by atoms with Crippen molar-refractivity contribution in [1.29, 1.82) is 0 Å². The fourth-order valence-electron chi connectivity index (χ4n) is 10.7. The van der Waals surface area contributed by atoms with Crippen LogP contribution in [0.25, 0.3) is 32.8 Å². The van der Waals surface area contributed by atoms with Crippen molar-refractivity contribution < 1.29 is 47.0 Å². The zero-order chi connectivity index (χ0) is 49.7. The Morgan fingerprint density at radius 2 is 1.63 bits per heavy atom. The summed E-state index contributed by atoms with van der Waals surface area (Å²) >= 11 is 0. The van der Waals surface area contributed by atoms with Crippen molar-refractivity contribution >= 4 is 51.3 Å². The number of halogens is 2. The fourth-order valence-corrected chi connectivity index (χ4v) is 10.7. The molecule has 4 aromatic carbocycles. The van der Waals surface area contributed by atoms with Gasteiger partial charge >= 0.3 is 5.97 Å². The van der Waals surface area contributed by atoms with Crippen LogP contribution in [0.1, 0.15) is 89.8 Å². The van der Waals surface area contributed by atoms with Crippen molar-refractivity contribution in [3.05, 3.63) is 112 Å². The highest BCUT2D eigenvalue weighted by atomic mass is 19.1. The summed E-state index contributed by atoms with van der Waals surface area (Å²) < 4.78 is 53.2. The SMILES string of the molecule is Cc1nn2c(c1-c1c(F)ccc3c(CCCOc4cccc5cc(F)ccc45)c(C(=O)OC(C)(C)C)n(CCN4CCN(C(=O)COc5cccc6c5CN(C5CCC(=O)NC5=O)C6=O)CC4)c13)CCC2. The van der Waals surface area contributed by atoms with E-state index < -0.39 is 29.3 Å². The van der Waals surface area contributed by atoms with E-state index in [-0.39, 0.29) is 49.5 Å². The lowest BCUT2D eigenvalue weighted by Crippen LogP contribution is -2.52. The maximum atomic E-state index is 16.7. The van der Waals surface area contributed by atoms with E-state index in [1.165, 1.54) is 23.1 Å². The number of aromatic nitrogens is 3. The molecule has 10 rings (SSSR count). The molecule has 0 saturated carbocycles. The summed E-state index contributed by atoms with van der Waals surface area (Å²) in [5.74, 6) is -1.65. The summed E-state index contributed by atoms with van der Waals surface area (Å²) in [6.07, 6.45) is 2.95. The van der Waals surface area contributed by atoms with Crippen LogP contribution >= 0.6 is 0 Å². The standard InChI is InChI=1S/C54H57F2N7O8/c1-32-47(41-12-7-21-63(41)58-32)48-40(56)18-17-37-36(11-8-28-69-43-13-5-9-33-29-34(55)15-16-35(33)43)50(53(68)71-54(2,3)4)61(49(37)48)27-24-59-22-25-60(26-23-59)46(65)31-70-44-14-6-10-38-39(44)30-62(52(38)67)42-19-20-45(64)57-51(42)66/h5-6,9-10,13-18,29,42H,7-8,11-12,19-28,30-31H2,1-4H3,(H,57,64,66). The number of esters is 1. The highest BCUT2D eigenvalue weighted by Gasteiger charge is 2.40. The third-order valence-corrected chi connectivity index (χ3v) is 14.0. The van der Waals surface area contributed by atoms with E-state index in [1.807, 2.05) is 55.1 Å². The van der Waals surface area contributed by atoms with Crippen LogP contribution in [0.4, 0.5) is 8.78 Å². The number of ether oxygens (including phenoxy) is 3. The van der Waals surface area contributed by atoms with E-state index in [9.17, 15) is 28.4 Å². The molecule has 71 heavy (non-hydrogen) atoms. The third-order valence-electron chi connectivity index (χ3n) is 14.0. The molecule has 0 bridgehead atoms. The third kappa shape index (κ3) is 9.34. The number of amides is 4. The average Bonchev–Trinajstić information content (AvgIpc) is 4.09. The van der Waals surface area contributed by atoms with E-state index in [0.29, 0.717) is 104 Å². The Kier molecular flexibility index (Phi) is 12.9. The van der Waals surface area contributed by atoms with Crippen molar-refractivity contribution in [2.45, 2.75) is 97.5 Å². The van der Waals surface area contributed by atoms with Crippen molar-refractivity contribution in [2.75, 3.05) is 45.9 Å². The van der Waals surface area contributed by atoms with Gasteiger partial charge in [0, 0.05) is 91.0 Å². The number of benzene rings is 4. The van der Waals surface area contributed by atoms with Gasteiger partial charge in [0.2, 0.25) is 11.8 Å². The summed E-state index contributed by atoms with van der Waals surface area (Å²) in [6, 6.07) is 17.6. The lowest BCUT2D eigenvalue weighted by atomic mass is 9.97. The Hall–Kier alpha value is -7.14. The Morgan fingerprint density at radius 3 is 2.42 bits per heavy atom. The summed E-state index contributed by atoms with van der Waals surface area (Å²) in [5.41, 5.74) is 4.68. The fraction of sp³-hybridized carbons (Fsp3) is 0.407. The molecule has 6 aromatic rings. The van der Waals surface area contributed by atoms with Crippen LogP contribution in [-0.4, -0.2) is 116 Å². The molecule has 0 spiro atoms. The largest absolute Gasteiger partial charge is 0.493 e. The molecule has 0 aliphatic carbocycles. The molecule has 6 heterocycles. The van der Waals surface area contributed by atoms with Crippen molar-refractivity contribution in [3.8, 4) is 22.6 Å². The number of carbonyl (C=O) groups excluding carboxylic acids is 5. The van der Waals surface area contributed by atoms with Gasteiger partial charge in [-0.3, -0.25) is 34.1 Å². The number of rotatable bonds is 14. The normalized spacial score (nSPS) is 17.3. The molecular formula is C54H57F2N7O8. The number of imide groups is 1. The number of hydrogen-bond acceptors (Lipinski definition) is 10. The summed E-state index contributed by atoms with van der Waals surface area (Å²) in [7, 11) is 0. The van der Waals surface area contributed by atoms with Gasteiger partial charge in [0.05, 0.1) is 24.4 Å². The molecule has 2 aromatic heterocycles. The maximum Gasteiger partial charge on any atom is 0.355 e. The quantitative estimate of drug-likeness (QED) is 0.0676. The highest BCUT2D eigenvalue weighted by molar-refractivity contribution is 6.06. The second kappa shape index (κ2) is 19.2. The molecule has 4 aliphatic heterocycles. The Morgan fingerprint density at radius 1 is 0.859 bits per heavy atom. The monoisotopic (exact) mass is 969 g/mol. The number of carbonyl (C=O) groups is 5. The Bertz CT molecular complexity index is 3130. The van der Waals surface area contributed by atoms with Gasteiger partial charge in [0.1, 0.15) is 40.5 Å². The molecule has 1 atom stereocenters. The number of hydrogen-bond donors (Lipinski definition) is 1. The molecule has 2 saturated heterocycles. The number of nitrogens with one attached hydrogen (secondary N) is 1. The average molecular weight is 970 g/mol. The molecule has 2 fully saturated rings. The molecule has 4 amide bonds. The van der Waals surface area contributed by atoms with Crippen LogP contribution in [0.5, 0.6) is 11.5 Å². The first-order valence-electron chi connectivity index (χ1n) is 24.5. The maximum absolute atomic E-state index is 16.7. The van der Waals surface area contributed by atoms with Gasteiger partial charge in [-0.2, -0.15) is 5.10 Å². The van der Waals surface area contributed by atoms with Crippen molar-refractivity contribution in [2.24, 2.45) is 0 Å². The summed E-state index contributed by atoms with van der Waals surface area (Å²) in [6.45, 7) is 11.0. The molecule has 17 heteroatoms. The van der Waals surface area contributed by atoms with Gasteiger partial charge in [-0.1, -0.05) is 18.2 Å². The van der Waals surface area contributed by atoms with Crippen LogP contribution in [-0.2, 0) is 51.6 Å². The molecule has 0 radical (unpaired) electrons. The second-order valence-corrected chi connectivity index (χ2v) is 19.8. The van der Waals surface area contributed by atoms with Gasteiger partial charge in [-0.05, 0) is 119 Å². The molecule has 370 valence electrons. The van der Waals surface area contributed by atoms with Crippen LogP contribution in [0, 0.1) is 18.6 Å². The number of piperazine rings is 1. The predicted molar refractivity (Wildman–Crippen MR) is 260 cm³/mol. The topological polar surface area (TPSA) is 158 Å². The van der Waals surface area contributed by atoms with Crippen molar-refractivity contribution in [1.82, 2.24) is 34.4 Å². The number of aryl methyl sites for hydroxylation is 3. The smallest absolute Gasteiger partial charge is 0.355 e. The minimum absolute atomic E-state index is 0.125. The highest BCUT2D eigenvalue weighted by Crippen LogP contribution is 2.42. The van der Waals surface area contributed by atoms with E-state index in [4.69, 9.17) is 19.3 Å². The minimum atomic E-state index is -0.828. The van der Waals surface area contributed by atoms with Gasteiger partial charge < -0.3 is 28.6 Å². The van der Waals surface area contributed by atoms with E-state index in [0.717, 1.165) is 52.4 Å². The minimum Gasteiger partial charge on any atom is -0.493 e. The van der Waals surface area contributed by atoms with E-state index >= 15 is 4.39 Å². The first-order valence-corrected chi connectivity index (χ1v) is 24.5. The molecular weight excluding hydrogens is 913 g/mol. The molecule has 15 nitrogen and oxygen atoms in total. The van der Waals surface area contributed by atoms with Crippen LogP contribution in [0.3, 0.4) is 0 Å². The Labute approximate surface area is 409 Å². The summed E-state index contributed by atoms with van der Waals surface area (Å²) in [4.78, 5) is 71.4. The first kappa shape index (κ1) is 47.5. The van der Waals surface area contributed by atoms with E-state index in [1.54, 1.807) is 35.2 Å². The lowest BCUT2D eigenvalue weighted by Gasteiger charge is -2.35. The number of piperidine rings is 1. The van der Waals surface area contributed by atoms with Gasteiger partial charge in [0.25, 0.3) is 11.8 Å². The number of fused-ring (bicyclic) bond motifs is 4.